The number of hydrogen-bond acceptors (Lipinski definition) is 5. The number of imide groups is 1. The highest BCUT2D eigenvalue weighted by atomic mass is 19.4. The SMILES string of the molecule is CC(CO)(Cc1c[nH]c2ccccc12)NC(=O)c1cc(C#Cc2ccc3c(c2)C(=O)NC3=O)ccc1OC(F)(F)F. The Hall–Kier alpha value is -5.08. The lowest BCUT2D eigenvalue weighted by molar-refractivity contribution is -0.274. The summed E-state index contributed by atoms with van der Waals surface area (Å²) in [7, 11) is 0. The number of aliphatic hydroxyl groups is 1. The molecule has 8 nitrogen and oxygen atoms in total. The van der Waals surface area contributed by atoms with E-state index in [1.807, 2.05) is 24.3 Å². The van der Waals surface area contributed by atoms with Crippen molar-refractivity contribution in [1.29, 1.82) is 0 Å². The average molecular weight is 562 g/mol. The second kappa shape index (κ2) is 10.5. The third kappa shape index (κ3) is 5.92. The monoisotopic (exact) mass is 561 g/mol. The van der Waals surface area contributed by atoms with Crippen LogP contribution in [0.5, 0.6) is 5.75 Å². The number of hydrogen-bond donors (Lipinski definition) is 4. The summed E-state index contributed by atoms with van der Waals surface area (Å²) in [6.07, 6.45) is -3.13. The first-order chi connectivity index (χ1) is 19.4. The van der Waals surface area contributed by atoms with E-state index in [2.05, 4.69) is 32.2 Å². The number of aliphatic hydroxyl groups excluding tert-OH is 1. The van der Waals surface area contributed by atoms with Crippen molar-refractivity contribution in [2.24, 2.45) is 0 Å². The van der Waals surface area contributed by atoms with Crippen molar-refractivity contribution in [2.45, 2.75) is 25.2 Å². The predicted octanol–water partition coefficient (Wildman–Crippen LogP) is 4.07. The highest BCUT2D eigenvalue weighted by molar-refractivity contribution is 6.21. The number of aromatic nitrogens is 1. The Balaban J connectivity index is 1.44. The first-order valence-corrected chi connectivity index (χ1v) is 12.3. The molecule has 0 saturated carbocycles. The number of fused-ring (bicyclic) bond motifs is 2. The topological polar surface area (TPSA) is 121 Å². The van der Waals surface area contributed by atoms with E-state index in [1.165, 1.54) is 24.3 Å². The summed E-state index contributed by atoms with van der Waals surface area (Å²) in [5, 5.41) is 15.9. The van der Waals surface area contributed by atoms with Gasteiger partial charge in [-0.15, -0.1) is 13.2 Å². The maximum atomic E-state index is 13.3. The third-order valence-electron chi connectivity index (χ3n) is 6.56. The molecule has 1 atom stereocenters. The normalized spacial score (nSPS) is 14.1. The lowest BCUT2D eigenvalue weighted by atomic mass is 9.92. The Morgan fingerprint density at radius 3 is 2.39 bits per heavy atom. The van der Waals surface area contributed by atoms with Crippen molar-refractivity contribution in [3.63, 3.8) is 0 Å². The summed E-state index contributed by atoms with van der Waals surface area (Å²) in [5.74, 6) is 2.84. The number of rotatable bonds is 6. The van der Waals surface area contributed by atoms with Crippen LogP contribution in [0.25, 0.3) is 10.9 Å². The fraction of sp³-hybridized carbons (Fsp3) is 0.167. The molecule has 0 bridgehead atoms. The Bertz CT molecular complexity index is 1770. The van der Waals surface area contributed by atoms with Crippen LogP contribution in [0, 0.1) is 11.8 Å². The van der Waals surface area contributed by atoms with E-state index in [-0.39, 0.29) is 23.1 Å². The summed E-state index contributed by atoms with van der Waals surface area (Å²) in [5.41, 5.74) is 0.927. The summed E-state index contributed by atoms with van der Waals surface area (Å²) < 4.78 is 43.5. The number of benzene rings is 3. The van der Waals surface area contributed by atoms with Crippen LogP contribution in [0.4, 0.5) is 13.2 Å². The number of carbonyl (C=O) groups is 3. The minimum Gasteiger partial charge on any atom is -0.405 e. The molecular formula is C30H22F3N3O5. The van der Waals surface area contributed by atoms with Crippen LogP contribution in [-0.2, 0) is 6.42 Å². The Kier molecular flexibility index (Phi) is 7.02. The molecule has 0 fully saturated rings. The van der Waals surface area contributed by atoms with E-state index in [1.54, 1.807) is 13.1 Å². The van der Waals surface area contributed by atoms with E-state index in [0.717, 1.165) is 28.6 Å². The molecule has 2 heterocycles. The van der Waals surface area contributed by atoms with Crippen LogP contribution in [0.2, 0.25) is 0 Å². The van der Waals surface area contributed by atoms with Gasteiger partial charge in [-0.1, -0.05) is 30.0 Å². The van der Waals surface area contributed by atoms with Gasteiger partial charge in [-0.2, -0.15) is 0 Å². The fourth-order valence-electron chi connectivity index (χ4n) is 4.57. The van der Waals surface area contributed by atoms with E-state index >= 15 is 0 Å². The first kappa shape index (κ1) is 27.5. The number of amides is 3. The van der Waals surface area contributed by atoms with E-state index in [9.17, 15) is 32.7 Å². The Labute approximate surface area is 231 Å². The number of alkyl halides is 3. The molecule has 0 aliphatic carbocycles. The molecule has 0 spiro atoms. The Morgan fingerprint density at radius 1 is 0.976 bits per heavy atom. The summed E-state index contributed by atoms with van der Waals surface area (Å²) in [4.78, 5) is 40.1. The minimum atomic E-state index is -5.06. The molecule has 41 heavy (non-hydrogen) atoms. The largest absolute Gasteiger partial charge is 0.573 e. The molecule has 4 aromatic rings. The molecule has 0 saturated heterocycles. The third-order valence-corrected chi connectivity index (χ3v) is 6.56. The smallest absolute Gasteiger partial charge is 0.405 e. The second-order valence-electron chi connectivity index (χ2n) is 9.76. The van der Waals surface area contributed by atoms with Crippen LogP contribution < -0.4 is 15.4 Å². The zero-order valence-electron chi connectivity index (χ0n) is 21.5. The maximum Gasteiger partial charge on any atom is 0.573 e. The van der Waals surface area contributed by atoms with Gasteiger partial charge in [-0.3, -0.25) is 19.7 Å². The lowest BCUT2D eigenvalue weighted by Crippen LogP contribution is -2.50. The zero-order chi connectivity index (χ0) is 29.4. The molecule has 3 amide bonds. The van der Waals surface area contributed by atoms with Gasteiger partial charge >= 0.3 is 6.36 Å². The van der Waals surface area contributed by atoms with Gasteiger partial charge in [0.05, 0.1) is 28.8 Å². The quantitative estimate of drug-likeness (QED) is 0.209. The summed E-state index contributed by atoms with van der Waals surface area (Å²) in [6, 6.07) is 15.2. The Morgan fingerprint density at radius 2 is 1.66 bits per heavy atom. The van der Waals surface area contributed by atoms with Crippen molar-refractivity contribution >= 4 is 28.6 Å². The van der Waals surface area contributed by atoms with E-state index < -0.39 is 47.5 Å². The van der Waals surface area contributed by atoms with Gasteiger partial charge in [0.15, 0.2) is 0 Å². The number of para-hydroxylation sites is 1. The number of carbonyl (C=O) groups excluding carboxylic acids is 3. The standard InChI is InChI=1S/C30H22F3N3O5/c1-29(16-37,14-19-15-34-24-5-3-2-4-20(19)24)36-28(40)23-13-18(9-11-25(23)41-30(31,32)33)7-6-17-8-10-21-22(12-17)27(39)35-26(21)38/h2-5,8-13,15,34,37H,14,16H2,1H3,(H,36,40)(H,35,38,39). The first-order valence-electron chi connectivity index (χ1n) is 12.3. The minimum absolute atomic E-state index is 0.161. The molecule has 4 N–H and O–H groups in total. The second-order valence-corrected chi connectivity index (χ2v) is 9.76. The lowest BCUT2D eigenvalue weighted by Gasteiger charge is -2.29. The van der Waals surface area contributed by atoms with Crippen molar-refractivity contribution < 1.29 is 37.4 Å². The molecule has 11 heteroatoms. The molecule has 3 aromatic carbocycles. The van der Waals surface area contributed by atoms with Crippen LogP contribution >= 0.6 is 0 Å². The number of aromatic amines is 1. The molecule has 0 radical (unpaired) electrons. The molecule has 208 valence electrons. The fourth-order valence-corrected chi connectivity index (χ4v) is 4.57. The molecular weight excluding hydrogens is 539 g/mol. The number of nitrogens with one attached hydrogen (secondary N) is 3. The highest BCUT2D eigenvalue weighted by Gasteiger charge is 2.34. The molecule has 5 rings (SSSR count). The molecule has 1 aliphatic rings. The maximum absolute atomic E-state index is 13.3. The van der Waals surface area contributed by atoms with Gasteiger partial charge in [-0.05, 0) is 61.4 Å². The van der Waals surface area contributed by atoms with Crippen LogP contribution in [-0.4, -0.2) is 46.3 Å². The van der Waals surface area contributed by atoms with Crippen LogP contribution in [0.3, 0.4) is 0 Å². The number of halogens is 3. The van der Waals surface area contributed by atoms with Crippen molar-refractivity contribution in [3.05, 3.63) is 100 Å². The van der Waals surface area contributed by atoms with E-state index in [0.29, 0.717) is 5.56 Å². The molecule has 1 unspecified atom stereocenters. The van der Waals surface area contributed by atoms with Gasteiger partial charge in [-0.25, -0.2) is 0 Å². The van der Waals surface area contributed by atoms with Crippen molar-refractivity contribution in [2.75, 3.05) is 6.61 Å². The molecule has 1 aliphatic heterocycles. The van der Waals surface area contributed by atoms with Gasteiger partial charge in [0.1, 0.15) is 5.75 Å². The van der Waals surface area contributed by atoms with Crippen LogP contribution in [0.15, 0.2) is 66.9 Å². The number of H-pyrrole nitrogens is 1. The van der Waals surface area contributed by atoms with Gasteiger partial charge in [0, 0.05) is 28.2 Å². The van der Waals surface area contributed by atoms with Gasteiger partial charge in [0.25, 0.3) is 17.7 Å². The van der Waals surface area contributed by atoms with Crippen molar-refractivity contribution in [3.8, 4) is 17.6 Å². The van der Waals surface area contributed by atoms with Crippen molar-refractivity contribution in [1.82, 2.24) is 15.6 Å². The van der Waals surface area contributed by atoms with Gasteiger partial charge < -0.3 is 20.1 Å². The number of ether oxygens (including phenoxy) is 1. The highest BCUT2D eigenvalue weighted by Crippen LogP contribution is 2.29. The zero-order valence-corrected chi connectivity index (χ0v) is 21.5. The summed E-state index contributed by atoms with van der Waals surface area (Å²) in [6.45, 7) is 1.08. The summed E-state index contributed by atoms with van der Waals surface area (Å²) >= 11 is 0. The predicted molar refractivity (Wildman–Crippen MR) is 142 cm³/mol. The van der Waals surface area contributed by atoms with Gasteiger partial charge in [0.2, 0.25) is 0 Å². The van der Waals surface area contributed by atoms with Crippen LogP contribution in [0.1, 0.15) is 54.7 Å². The van der Waals surface area contributed by atoms with E-state index in [4.69, 9.17) is 0 Å². The molecule has 1 aromatic heterocycles. The average Bonchev–Trinajstić information content (AvgIpc) is 3.46.